The third-order valence-electron chi connectivity index (χ3n) is 6.16. The van der Waals surface area contributed by atoms with Crippen molar-refractivity contribution < 1.29 is 13.6 Å². The number of carbonyl (C=O) groups excluding carboxylic acids is 1. The molecule has 2 aliphatic rings. The second kappa shape index (κ2) is 6.89. The second-order valence-corrected chi connectivity index (χ2v) is 7.76. The van der Waals surface area contributed by atoms with Crippen LogP contribution in [0.3, 0.4) is 0 Å². The van der Waals surface area contributed by atoms with Crippen molar-refractivity contribution in [1.29, 1.82) is 0 Å². The van der Waals surface area contributed by atoms with Gasteiger partial charge in [0.1, 0.15) is 5.82 Å². The van der Waals surface area contributed by atoms with Crippen LogP contribution in [0.1, 0.15) is 47.5 Å². The Bertz CT molecular complexity index is 953. The monoisotopic (exact) mass is 376 g/mol. The van der Waals surface area contributed by atoms with Gasteiger partial charge < -0.3 is 9.32 Å². The summed E-state index contributed by atoms with van der Waals surface area (Å²) in [5.41, 5.74) is 2.80. The maximum atomic E-state index is 13.2. The van der Waals surface area contributed by atoms with Crippen LogP contribution < -0.4 is 0 Å². The molecule has 0 aliphatic carbocycles. The molecular weight excluding hydrogens is 355 g/mol. The third-order valence-corrected chi connectivity index (χ3v) is 6.16. The number of nitrogens with zero attached hydrogens (tertiary/aromatic N) is 2. The molecule has 2 fully saturated rings. The van der Waals surface area contributed by atoms with Gasteiger partial charge in [-0.2, -0.15) is 0 Å². The summed E-state index contributed by atoms with van der Waals surface area (Å²) in [5, 5.41) is 0. The highest BCUT2D eigenvalue weighted by atomic mass is 19.1. The molecule has 2 atom stereocenters. The zero-order chi connectivity index (χ0) is 19.1. The highest BCUT2D eigenvalue weighted by molar-refractivity contribution is 5.95. The van der Waals surface area contributed by atoms with Gasteiger partial charge in [0.25, 0.3) is 5.91 Å². The lowest BCUT2D eigenvalue weighted by molar-refractivity contribution is 0.0571. The van der Waals surface area contributed by atoms with E-state index in [1.165, 1.54) is 24.1 Å². The van der Waals surface area contributed by atoms with E-state index in [4.69, 9.17) is 4.42 Å². The standard InChI is InChI=1S/C23H21FN2O2/c24-19-7-5-15(6-8-19)18-11-20-9-10-21(12-18)26(20)23(27)17-3-1-16(2-4-17)22-13-25-14-28-22/h1-8,13-14,18,20-21H,9-12H2. The van der Waals surface area contributed by atoms with Crippen molar-refractivity contribution in [2.45, 2.75) is 43.7 Å². The summed E-state index contributed by atoms with van der Waals surface area (Å²) in [6.45, 7) is 0. The van der Waals surface area contributed by atoms with E-state index < -0.39 is 0 Å². The van der Waals surface area contributed by atoms with Gasteiger partial charge in [0.2, 0.25) is 0 Å². The molecule has 142 valence electrons. The van der Waals surface area contributed by atoms with Gasteiger partial charge in [0, 0.05) is 23.2 Å². The van der Waals surface area contributed by atoms with E-state index in [9.17, 15) is 9.18 Å². The minimum absolute atomic E-state index is 0.106. The summed E-state index contributed by atoms with van der Waals surface area (Å²) in [6.07, 6.45) is 7.05. The molecule has 3 heterocycles. The Morgan fingerprint density at radius 2 is 1.68 bits per heavy atom. The van der Waals surface area contributed by atoms with Gasteiger partial charge in [-0.25, -0.2) is 9.37 Å². The summed E-state index contributed by atoms with van der Waals surface area (Å²) >= 11 is 0. The average molecular weight is 376 g/mol. The van der Waals surface area contributed by atoms with Crippen LogP contribution in [0.15, 0.2) is 65.5 Å². The molecule has 1 amide bonds. The molecule has 2 aromatic carbocycles. The van der Waals surface area contributed by atoms with Gasteiger partial charge in [0.05, 0.1) is 6.20 Å². The van der Waals surface area contributed by atoms with Crippen LogP contribution in [0.5, 0.6) is 0 Å². The van der Waals surface area contributed by atoms with Crippen LogP contribution in [0.2, 0.25) is 0 Å². The summed E-state index contributed by atoms with van der Waals surface area (Å²) in [4.78, 5) is 19.2. The molecule has 2 saturated heterocycles. The quantitative estimate of drug-likeness (QED) is 0.644. The number of rotatable bonds is 3. The predicted octanol–water partition coefficient (Wildman–Crippen LogP) is 5.03. The first-order chi connectivity index (χ1) is 13.7. The minimum atomic E-state index is -0.201. The van der Waals surface area contributed by atoms with Gasteiger partial charge in [-0.3, -0.25) is 4.79 Å². The van der Waals surface area contributed by atoms with E-state index in [-0.39, 0.29) is 23.8 Å². The van der Waals surface area contributed by atoms with Gasteiger partial charge in [-0.05, 0) is 61.4 Å². The lowest BCUT2D eigenvalue weighted by Gasteiger charge is -2.39. The van der Waals surface area contributed by atoms with Gasteiger partial charge >= 0.3 is 0 Å². The van der Waals surface area contributed by atoms with Gasteiger partial charge in [-0.1, -0.05) is 24.3 Å². The number of benzene rings is 2. The minimum Gasteiger partial charge on any atom is -0.444 e. The van der Waals surface area contributed by atoms with E-state index in [1.54, 1.807) is 6.20 Å². The van der Waals surface area contributed by atoms with Gasteiger partial charge in [0.15, 0.2) is 12.2 Å². The summed E-state index contributed by atoms with van der Waals surface area (Å²) < 4.78 is 18.5. The molecule has 2 aliphatic heterocycles. The number of carbonyl (C=O) groups is 1. The van der Waals surface area contributed by atoms with Crippen molar-refractivity contribution in [3.63, 3.8) is 0 Å². The number of aromatic nitrogens is 1. The van der Waals surface area contributed by atoms with Crippen molar-refractivity contribution in [1.82, 2.24) is 9.88 Å². The fraction of sp³-hybridized carbons (Fsp3) is 0.304. The fourth-order valence-electron chi connectivity index (χ4n) is 4.80. The Labute approximate surface area is 163 Å². The number of amides is 1. The Balaban J connectivity index is 1.33. The first kappa shape index (κ1) is 17.2. The Hall–Kier alpha value is -2.95. The zero-order valence-corrected chi connectivity index (χ0v) is 15.4. The van der Waals surface area contributed by atoms with Crippen LogP contribution in [0.25, 0.3) is 11.3 Å². The first-order valence-corrected chi connectivity index (χ1v) is 9.76. The number of fused-ring (bicyclic) bond motifs is 2. The van der Waals surface area contributed by atoms with E-state index in [1.807, 2.05) is 36.4 Å². The topological polar surface area (TPSA) is 46.3 Å². The first-order valence-electron chi connectivity index (χ1n) is 9.76. The summed E-state index contributed by atoms with van der Waals surface area (Å²) in [5.74, 6) is 0.998. The maximum absolute atomic E-state index is 13.2. The van der Waals surface area contributed by atoms with Crippen molar-refractivity contribution in [3.05, 3.63) is 78.1 Å². The fourth-order valence-corrected chi connectivity index (χ4v) is 4.80. The van der Waals surface area contributed by atoms with E-state index in [0.717, 1.165) is 31.2 Å². The molecule has 0 N–H and O–H groups in total. The molecule has 28 heavy (non-hydrogen) atoms. The van der Waals surface area contributed by atoms with Crippen LogP contribution in [0.4, 0.5) is 4.39 Å². The van der Waals surface area contributed by atoms with Crippen molar-refractivity contribution >= 4 is 5.91 Å². The summed E-state index contributed by atoms with van der Waals surface area (Å²) in [6, 6.07) is 14.9. The van der Waals surface area contributed by atoms with Crippen molar-refractivity contribution in [2.24, 2.45) is 0 Å². The molecule has 2 bridgehead atoms. The van der Waals surface area contributed by atoms with Crippen LogP contribution in [0, 0.1) is 5.82 Å². The predicted molar refractivity (Wildman–Crippen MR) is 103 cm³/mol. The molecule has 0 saturated carbocycles. The largest absolute Gasteiger partial charge is 0.444 e. The number of hydrogen-bond donors (Lipinski definition) is 0. The number of halogens is 1. The van der Waals surface area contributed by atoms with Crippen molar-refractivity contribution in [2.75, 3.05) is 0 Å². The number of hydrogen-bond acceptors (Lipinski definition) is 3. The summed E-state index contributed by atoms with van der Waals surface area (Å²) in [7, 11) is 0. The van der Waals surface area contributed by atoms with Gasteiger partial charge in [-0.15, -0.1) is 0 Å². The average Bonchev–Trinajstić information content (AvgIpc) is 3.35. The molecule has 3 aromatic rings. The molecule has 0 radical (unpaired) electrons. The van der Waals surface area contributed by atoms with Crippen LogP contribution >= 0.6 is 0 Å². The number of piperidine rings is 1. The molecule has 1 aromatic heterocycles. The van der Waals surface area contributed by atoms with E-state index in [0.29, 0.717) is 17.2 Å². The van der Waals surface area contributed by atoms with Crippen LogP contribution in [-0.4, -0.2) is 27.9 Å². The normalized spacial score (nSPS) is 23.8. The second-order valence-electron chi connectivity index (χ2n) is 7.76. The Morgan fingerprint density at radius 3 is 2.29 bits per heavy atom. The highest BCUT2D eigenvalue weighted by Gasteiger charge is 2.43. The zero-order valence-electron chi connectivity index (χ0n) is 15.4. The highest BCUT2D eigenvalue weighted by Crippen LogP contribution is 2.43. The lowest BCUT2D eigenvalue weighted by atomic mass is 9.84. The molecule has 5 rings (SSSR count). The lowest BCUT2D eigenvalue weighted by Crippen LogP contribution is -2.46. The maximum Gasteiger partial charge on any atom is 0.254 e. The molecule has 5 heteroatoms. The number of oxazole rings is 1. The molecular formula is C23H21FN2O2. The Kier molecular flexibility index (Phi) is 4.23. The smallest absolute Gasteiger partial charge is 0.254 e. The molecule has 2 unspecified atom stereocenters. The van der Waals surface area contributed by atoms with E-state index >= 15 is 0 Å². The molecule has 4 nitrogen and oxygen atoms in total. The Morgan fingerprint density at radius 1 is 1.00 bits per heavy atom. The van der Waals surface area contributed by atoms with Crippen LogP contribution in [-0.2, 0) is 0 Å². The van der Waals surface area contributed by atoms with Crippen molar-refractivity contribution in [3.8, 4) is 11.3 Å². The molecule has 0 spiro atoms. The SMILES string of the molecule is O=C(c1ccc(-c2cnco2)cc1)N1C2CCC1CC(c1ccc(F)cc1)C2. The van der Waals surface area contributed by atoms with E-state index in [2.05, 4.69) is 9.88 Å². The third kappa shape index (κ3) is 3.01.